The maximum atomic E-state index is 13.2. The molecule has 0 bridgehead atoms. The molecule has 31 heavy (non-hydrogen) atoms. The van der Waals surface area contributed by atoms with Crippen molar-refractivity contribution in [3.63, 3.8) is 0 Å². The number of sulfonamides is 1. The highest BCUT2D eigenvalue weighted by atomic mass is 32.2. The van der Waals surface area contributed by atoms with E-state index in [-0.39, 0.29) is 10.8 Å². The number of amides is 1. The molecule has 1 N–H and O–H groups in total. The van der Waals surface area contributed by atoms with Crippen molar-refractivity contribution in [2.24, 2.45) is 0 Å². The van der Waals surface area contributed by atoms with Gasteiger partial charge in [-0.2, -0.15) is 4.31 Å². The predicted molar refractivity (Wildman–Crippen MR) is 114 cm³/mol. The maximum absolute atomic E-state index is 13.2. The van der Waals surface area contributed by atoms with Crippen LogP contribution in [0.3, 0.4) is 0 Å². The van der Waals surface area contributed by atoms with Crippen LogP contribution in [0, 0.1) is 0 Å². The first-order chi connectivity index (χ1) is 15.0. The number of hydrogen-bond acceptors (Lipinski definition) is 6. The summed E-state index contributed by atoms with van der Waals surface area (Å²) in [6.07, 6.45) is 2.93. The lowest BCUT2D eigenvalue weighted by atomic mass is 10.1. The predicted octanol–water partition coefficient (Wildman–Crippen LogP) is 1.29. The number of morpholine rings is 1. The summed E-state index contributed by atoms with van der Waals surface area (Å²) < 4.78 is 34.9. The Morgan fingerprint density at radius 2 is 1.97 bits per heavy atom. The van der Waals surface area contributed by atoms with Crippen LogP contribution in [0.4, 0.5) is 0 Å². The summed E-state index contributed by atoms with van der Waals surface area (Å²) in [5.41, 5.74) is 1.75. The number of benzene rings is 1. The Hall–Kier alpha value is -2.82. The van der Waals surface area contributed by atoms with Crippen LogP contribution in [0.2, 0.25) is 0 Å². The molecule has 0 saturated carbocycles. The zero-order chi connectivity index (χ0) is 21.8. The Bertz CT molecular complexity index is 1190. The molecule has 1 aromatic carbocycles. The summed E-state index contributed by atoms with van der Waals surface area (Å²) in [7, 11) is -3.69. The minimum absolute atomic E-state index is 0.188. The van der Waals surface area contributed by atoms with Crippen molar-refractivity contribution < 1.29 is 17.9 Å². The molecule has 10 heteroatoms. The highest BCUT2D eigenvalue weighted by Gasteiger charge is 2.29. The lowest BCUT2D eigenvalue weighted by molar-refractivity contribution is 0.0730. The third kappa shape index (κ3) is 4.46. The SMILES string of the molecule is CCc1ccc(C(=O)NCCc2nnc3ccccn23)cc1S(=O)(=O)N1CCOCC1. The van der Waals surface area contributed by atoms with E-state index < -0.39 is 10.0 Å². The van der Waals surface area contributed by atoms with Crippen LogP contribution in [-0.2, 0) is 27.6 Å². The molecule has 1 fully saturated rings. The summed E-state index contributed by atoms with van der Waals surface area (Å²) in [5.74, 6) is 0.419. The van der Waals surface area contributed by atoms with Crippen LogP contribution in [-0.4, -0.2) is 66.1 Å². The molecule has 164 valence electrons. The molecular weight excluding hydrogens is 418 g/mol. The lowest BCUT2D eigenvalue weighted by Crippen LogP contribution is -2.41. The summed E-state index contributed by atoms with van der Waals surface area (Å²) in [6, 6.07) is 10.5. The molecule has 1 saturated heterocycles. The Morgan fingerprint density at radius 1 is 1.16 bits per heavy atom. The number of nitrogens with one attached hydrogen (secondary N) is 1. The highest BCUT2D eigenvalue weighted by molar-refractivity contribution is 7.89. The van der Waals surface area contributed by atoms with Gasteiger partial charge in [0.1, 0.15) is 5.82 Å². The molecule has 0 spiro atoms. The number of ether oxygens (including phenoxy) is 1. The van der Waals surface area contributed by atoms with Crippen LogP contribution in [0.5, 0.6) is 0 Å². The van der Waals surface area contributed by atoms with Gasteiger partial charge in [0, 0.05) is 37.8 Å². The van der Waals surface area contributed by atoms with Gasteiger partial charge in [0.2, 0.25) is 10.0 Å². The van der Waals surface area contributed by atoms with E-state index in [9.17, 15) is 13.2 Å². The monoisotopic (exact) mass is 443 g/mol. The zero-order valence-corrected chi connectivity index (χ0v) is 18.1. The van der Waals surface area contributed by atoms with Gasteiger partial charge in [-0.15, -0.1) is 10.2 Å². The topological polar surface area (TPSA) is 106 Å². The van der Waals surface area contributed by atoms with Gasteiger partial charge in [-0.25, -0.2) is 8.42 Å². The Morgan fingerprint density at radius 3 is 2.74 bits per heavy atom. The van der Waals surface area contributed by atoms with E-state index in [1.54, 1.807) is 12.1 Å². The Balaban J connectivity index is 1.48. The number of aryl methyl sites for hydroxylation is 1. The van der Waals surface area contributed by atoms with Gasteiger partial charge in [-0.1, -0.05) is 19.1 Å². The molecule has 0 radical (unpaired) electrons. The van der Waals surface area contributed by atoms with Crippen molar-refractivity contribution >= 4 is 21.6 Å². The smallest absolute Gasteiger partial charge is 0.251 e. The minimum Gasteiger partial charge on any atom is -0.379 e. The second-order valence-electron chi connectivity index (χ2n) is 7.24. The quantitative estimate of drug-likeness (QED) is 0.590. The number of fused-ring (bicyclic) bond motifs is 1. The first kappa shape index (κ1) is 21.4. The molecule has 3 aromatic rings. The van der Waals surface area contributed by atoms with E-state index in [2.05, 4.69) is 15.5 Å². The second-order valence-corrected chi connectivity index (χ2v) is 9.15. The van der Waals surface area contributed by atoms with E-state index in [4.69, 9.17) is 4.74 Å². The fraction of sp³-hybridized carbons (Fsp3) is 0.381. The van der Waals surface area contributed by atoms with Gasteiger partial charge < -0.3 is 10.1 Å². The fourth-order valence-electron chi connectivity index (χ4n) is 3.61. The maximum Gasteiger partial charge on any atom is 0.251 e. The number of rotatable bonds is 7. The first-order valence-electron chi connectivity index (χ1n) is 10.3. The van der Waals surface area contributed by atoms with Crippen molar-refractivity contribution in [2.75, 3.05) is 32.8 Å². The largest absolute Gasteiger partial charge is 0.379 e. The molecule has 0 unspecified atom stereocenters. The average Bonchev–Trinajstić information content (AvgIpc) is 3.22. The van der Waals surface area contributed by atoms with E-state index in [0.29, 0.717) is 56.8 Å². The molecule has 0 atom stereocenters. The van der Waals surface area contributed by atoms with E-state index in [1.807, 2.05) is 35.7 Å². The van der Waals surface area contributed by atoms with E-state index >= 15 is 0 Å². The van der Waals surface area contributed by atoms with E-state index in [0.717, 1.165) is 11.5 Å². The van der Waals surface area contributed by atoms with Gasteiger partial charge in [-0.3, -0.25) is 9.20 Å². The van der Waals surface area contributed by atoms with Crippen molar-refractivity contribution in [1.29, 1.82) is 0 Å². The van der Waals surface area contributed by atoms with Crippen LogP contribution < -0.4 is 5.32 Å². The van der Waals surface area contributed by atoms with Gasteiger partial charge in [0.25, 0.3) is 5.91 Å². The third-order valence-corrected chi connectivity index (χ3v) is 7.30. The van der Waals surface area contributed by atoms with Gasteiger partial charge in [-0.05, 0) is 36.2 Å². The molecule has 1 amide bonds. The van der Waals surface area contributed by atoms with Crippen molar-refractivity contribution in [1.82, 2.24) is 24.2 Å². The third-order valence-electron chi connectivity index (χ3n) is 5.32. The second kappa shape index (κ2) is 9.13. The number of nitrogens with zero attached hydrogens (tertiary/aromatic N) is 4. The zero-order valence-electron chi connectivity index (χ0n) is 17.3. The van der Waals surface area contributed by atoms with Crippen LogP contribution in [0.25, 0.3) is 5.65 Å². The van der Waals surface area contributed by atoms with Crippen molar-refractivity contribution in [3.8, 4) is 0 Å². The van der Waals surface area contributed by atoms with E-state index in [1.165, 1.54) is 10.4 Å². The average molecular weight is 444 g/mol. The number of carbonyl (C=O) groups excluding carboxylic acids is 1. The summed E-state index contributed by atoms with van der Waals surface area (Å²) >= 11 is 0. The van der Waals surface area contributed by atoms with Gasteiger partial charge >= 0.3 is 0 Å². The summed E-state index contributed by atoms with van der Waals surface area (Å²) in [4.78, 5) is 12.9. The Kier molecular flexibility index (Phi) is 6.30. The lowest BCUT2D eigenvalue weighted by Gasteiger charge is -2.27. The molecule has 1 aliphatic rings. The Labute approximate surface area is 181 Å². The summed E-state index contributed by atoms with van der Waals surface area (Å²) in [6.45, 7) is 3.63. The molecule has 9 nitrogen and oxygen atoms in total. The van der Waals surface area contributed by atoms with Crippen LogP contribution in [0.1, 0.15) is 28.7 Å². The van der Waals surface area contributed by atoms with Gasteiger partial charge in [0.05, 0.1) is 18.1 Å². The molecule has 2 aromatic heterocycles. The molecule has 0 aliphatic carbocycles. The standard InChI is InChI=1S/C21H25N5O4S/c1-2-16-6-7-17(15-18(16)31(28,29)25-11-13-30-14-12-25)21(27)22-9-8-20-24-23-19-5-3-4-10-26(19)20/h3-7,10,15H,2,8-9,11-14H2,1H3,(H,22,27). The van der Waals surface area contributed by atoms with Crippen molar-refractivity contribution in [3.05, 3.63) is 59.5 Å². The molecule has 1 aliphatic heterocycles. The highest BCUT2D eigenvalue weighted by Crippen LogP contribution is 2.23. The molecule has 3 heterocycles. The first-order valence-corrected chi connectivity index (χ1v) is 11.7. The number of aromatic nitrogens is 3. The number of carbonyl (C=O) groups is 1. The fourth-order valence-corrected chi connectivity index (χ4v) is 5.33. The number of hydrogen-bond donors (Lipinski definition) is 1. The normalized spacial score (nSPS) is 15.3. The van der Waals surface area contributed by atoms with Crippen LogP contribution in [0.15, 0.2) is 47.5 Å². The summed E-state index contributed by atoms with van der Waals surface area (Å²) in [5, 5.41) is 11.1. The van der Waals surface area contributed by atoms with Crippen LogP contribution >= 0.6 is 0 Å². The van der Waals surface area contributed by atoms with Gasteiger partial charge in [0.15, 0.2) is 5.65 Å². The molecular formula is C21H25N5O4S. The molecule has 4 rings (SSSR count). The minimum atomic E-state index is -3.69. The number of pyridine rings is 1. The van der Waals surface area contributed by atoms with Crippen molar-refractivity contribution in [2.45, 2.75) is 24.7 Å².